The van der Waals surface area contributed by atoms with E-state index in [2.05, 4.69) is 62.1 Å². The maximum absolute atomic E-state index is 11.9. The molecule has 6 N–H and O–H groups in total. The average Bonchev–Trinajstić information content (AvgIpc) is 2.98. The predicted molar refractivity (Wildman–Crippen MR) is 186 cm³/mol. The number of hydrogen-bond donors (Lipinski definition) is 6. The van der Waals surface area contributed by atoms with Crippen LogP contribution in [0.3, 0.4) is 0 Å². The zero-order valence-electron chi connectivity index (χ0n) is 29.4. The fraction of sp³-hybridized carbons (Fsp3) is 0.818. The molecule has 42 heavy (non-hydrogen) atoms. The minimum atomic E-state index is -1.54. The summed E-state index contributed by atoms with van der Waals surface area (Å²) in [6.45, 7) is 27.4. The zero-order chi connectivity index (χ0) is 33.6. The van der Waals surface area contributed by atoms with Crippen LogP contribution in [-0.4, -0.2) is 55.9 Å². The molecule has 0 aliphatic carbocycles. The molecule has 0 aliphatic heterocycles. The molecular formula is C33H73BN4O4. The molecule has 0 aromatic rings. The summed E-state index contributed by atoms with van der Waals surface area (Å²) in [6, 6.07) is 0. The summed E-state index contributed by atoms with van der Waals surface area (Å²) >= 11 is 0. The fourth-order valence-electron chi connectivity index (χ4n) is 3.50. The molecule has 1 amide bonds. The van der Waals surface area contributed by atoms with E-state index in [9.17, 15) is 14.8 Å². The van der Waals surface area contributed by atoms with Crippen LogP contribution < -0.4 is 21.3 Å². The molecule has 0 aromatic carbocycles. The molecule has 0 fully saturated rings. The van der Waals surface area contributed by atoms with Crippen LogP contribution in [0.4, 0.5) is 0 Å². The summed E-state index contributed by atoms with van der Waals surface area (Å²) < 4.78 is 0. The Morgan fingerprint density at radius 3 is 1.62 bits per heavy atom. The first-order chi connectivity index (χ1) is 20.1. The lowest BCUT2D eigenvalue weighted by Gasteiger charge is -2.20. The largest absolute Gasteiger partial charge is 0.475 e. The van der Waals surface area contributed by atoms with Crippen LogP contribution in [-0.2, 0) is 9.59 Å². The Labute approximate surface area is 262 Å². The summed E-state index contributed by atoms with van der Waals surface area (Å²) in [5.74, 6) is 0.302. The third-order valence-corrected chi connectivity index (χ3v) is 5.65. The Morgan fingerprint density at radius 2 is 1.24 bits per heavy atom. The second-order valence-corrected chi connectivity index (χ2v) is 10.5. The van der Waals surface area contributed by atoms with Crippen LogP contribution in [0.2, 0.25) is 0 Å². The van der Waals surface area contributed by atoms with Crippen LogP contribution in [0.1, 0.15) is 145 Å². The van der Waals surface area contributed by atoms with Gasteiger partial charge in [0.15, 0.2) is 0 Å². The van der Waals surface area contributed by atoms with Gasteiger partial charge in [-0.2, -0.15) is 0 Å². The van der Waals surface area contributed by atoms with Crippen molar-refractivity contribution in [3.05, 3.63) is 24.7 Å². The molecule has 0 radical (unpaired) electrons. The molecular weight excluding hydrogens is 527 g/mol. The van der Waals surface area contributed by atoms with E-state index in [0.29, 0.717) is 6.42 Å². The van der Waals surface area contributed by atoms with E-state index in [1.165, 1.54) is 64.2 Å². The number of nitrogens with one attached hydrogen (secondary N) is 4. The Balaban J connectivity index is -0.000000252. The van der Waals surface area contributed by atoms with E-state index in [1.54, 1.807) is 0 Å². The molecule has 0 bridgehead atoms. The van der Waals surface area contributed by atoms with Gasteiger partial charge in [-0.25, -0.2) is 0 Å². The molecule has 8 nitrogen and oxygen atoms in total. The van der Waals surface area contributed by atoms with Gasteiger partial charge in [-0.05, 0) is 31.6 Å². The Kier molecular flexibility index (Phi) is 51.4. The molecule has 0 aromatic heterocycles. The molecule has 0 saturated heterocycles. The van der Waals surface area contributed by atoms with Crippen molar-refractivity contribution in [1.82, 2.24) is 21.3 Å². The summed E-state index contributed by atoms with van der Waals surface area (Å²) in [5, 5.41) is 30.4. The van der Waals surface area contributed by atoms with E-state index in [4.69, 9.17) is 4.79 Å². The minimum Gasteiger partial charge on any atom is -0.426 e. The summed E-state index contributed by atoms with van der Waals surface area (Å²) in [6.07, 6.45) is 16.8. The molecule has 1 unspecified atom stereocenters. The van der Waals surface area contributed by atoms with Crippen molar-refractivity contribution in [2.24, 2.45) is 5.92 Å². The number of allylic oxidation sites excluding steroid dienone is 1. The Hall–Kier alpha value is -2.00. The standard InChI is InChI=1S/C21H43BN2O3.C6H14N2.C3H8.C2H6.CH2O/c1-5-6-7-8-9-10-11-12-13-14-15-19(4)23-17-21(25)24-20(22(26)27)16-18(2)3;1-4-5-8-6(2)7-3;1-3-2;2*1-2/h18,20,23,26-27H,4-17H2,1-3H3,(H,24,25);7-8H,2,4-5H2,1,3H3;3H2,1-2H3;1-2H3;1H2. The number of rotatable bonds is 22. The van der Waals surface area contributed by atoms with E-state index < -0.39 is 13.1 Å². The summed E-state index contributed by atoms with van der Waals surface area (Å²) in [5.41, 5.74) is 0.870. The number of carbonyl (C=O) groups is 2. The minimum absolute atomic E-state index is 0.123. The van der Waals surface area contributed by atoms with Crippen molar-refractivity contribution in [3.8, 4) is 0 Å². The predicted octanol–water partition coefficient (Wildman–Crippen LogP) is 6.88. The maximum atomic E-state index is 11.9. The van der Waals surface area contributed by atoms with Gasteiger partial charge in [-0.1, -0.05) is 133 Å². The topological polar surface area (TPSA) is 123 Å². The SMILES string of the molecule is C=C(CCCCCCCCCCCC)NCC(=O)NC(CC(C)C)B(O)O.C=C(NC)NCCC.C=O.CC.CCC. The van der Waals surface area contributed by atoms with Crippen molar-refractivity contribution < 1.29 is 19.6 Å². The van der Waals surface area contributed by atoms with Gasteiger partial charge in [-0.3, -0.25) is 4.79 Å². The van der Waals surface area contributed by atoms with Crippen molar-refractivity contribution >= 4 is 19.8 Å². The van der Waals surface area contributed by atoms with Crippen LogP contribution in [0.25, 0.3) is 0 Å². The molecule has 0 saturated carbocycles. The Morgan fingerprint density at radius 1 is 0.786 bits per heavy atom. The molecule has 9 heteroatoms. The summed E-state index contributed by atoms with van der Waals surface area (Å²) in [7, 11) is 0.316. The number of hydrogen-bond acceptors (Lipinski definition) is 7. The first-order valence-corrected chi connectivity index (χ1v) is 16.6. The normalized spacial score (nSPS) is 10.0. The van der Waals surface area contributed by atoms with Gasteiger partial charge >= 0.3 is 7.12 Å². The number of unbranched alkanes of at least 4 members (excludes halogenated alkanes) is 9. The van der Waals surface area contributed by atoms with Crippen molar-refractivity contribution in [3.63, 3.8) is 0 Å². The molecule has 0 spiro atoms. The summed E-state index contributed by atoms with van der Waals surface area (Å²) in [4.78, 5) is 19.9. The van der Waals surface area contributed by atoms with Crippen LogP contribution in [0, 0.1) is 5.92 Å². The number of amides is 1. The highest BCUT2D eigenvalue weighted by Gasteiger charge is 2.25. The molecule has 0 heterocycles. The van der Waals surface area contributed by atoms with Crippen LogP contribution in [0.5, 0.6) is 0 Å². The van der Waals surface area contributed by atoms with Gasteiger partial charge in [-0.15, -0.1) is 0 Å². The molecule has 0 rings (SSSR count). The maximum Gasteiger partial charge on any atom is 0.475 e. The molecule has 1 atom stereocenters. The average molecular weight is 601 g/mol. The lowest BCUT2D eigenvalue weighted by atomic mass is 9.75. The fourth-order valence-corrected chi connectivity index (χ4v) is 3.50. The van der Waals surface area contributed by atoms with E-state index >= 15 is 0 Å². The highest BCUT2D eigenvalue weighted by molar-refractivity contribution is 6.43. The monoisotopic (exact) mass is 601 g/mol. The third kappa shape index (κ3) is 47.8. The van der Waals surface area contributed by atoms with Gasteiger partial charge in [0.25, 0.3) is 0 Å². The van der Waals surface area contributed by atoms with Crippen molar-refractivity contribution in [2.75, 3.05) is 20.1 Å². The second kappa shape index (κ2) is 43.5. The van der Waals surface area contributed by atoms with Gasteiger partial charge in [0.1, 0.15) is 6.79 Å². The van der Waals surface area contributed by atoms with Gasteiger partial charge < -0.3 is 36.1 Å². The van der Waals surface area contributed by atoms with Crippen LogP contribution >= 0.6 is 0 Å². The first-order valence-electron chi connectivity index (χ1n) is 16.6. The third-order valence-electron chi connectivity index (χ3n) is 5.65. The highest BCUT2D eigenvalue weighted by atomic mass is 16.4. The van der Waals surface area contributed by atoms with Gasteiger partial charge in [0, 0.05) is 19.3 Å². The van der Waals surface area contributed by atoms with E-state index in [0.717, 1.165) is 37.3 Å². The van der Waals surface area contributed by atoms with E-state index in [1.807, 2.05) is 41.5 Å². The lowest BCUT2D eigenvalue weighted by Crippen LogP contribution is -2.49. The smallest absolute Gasteiger partial charge is 0.426 e. The van der Waals surface area contributed by atoms with Crippen molar-refractivity contribution in [1.29, 1.82) is 0 Å². The highest BCUT2D eigenvalue weighted by Crippen LogP contribution is 2.12. The van der Waals surface area contributed by atoms with Crippen LogP contribution in [0.15, 0.2) is 24.7 Å². The zero-order valence-corrected chi connectivity index (χ0v) is 29.4. The van der Waals surface area contributed by atoms with Crippen molar-refractivity contribution in [2.45, 2.75) is 151 Å². The van der Waals surface area contributed by atoms with E-state index in [-0.39, 0.29) is 18.4 Å². The van der Waals surface area contributed by atoms with Gasteiger partial charge in [0.05, 0.1) is 18.3 Å². The lowest BCUT2D eigenvalue weighted by molar-refractivity contribution is -0.120. The van der Waals surface area contributed by atoms with Gasteiger partial charge in [0.2, 0.25) is 5.91 Å². The Bertz CT molecular complexity index is 564. The molecule has 252 valence electrons. The number of carbonyl (C=O) groups excluding carboxylic acids is 2. The second-order valence-electron chi connectivity index (χ2n) is 10.5. The quantitative estimate of drug-likeness (QED) is 0.0592. The molecule has 0 aliphatic rings. The first kappa shape index (κ1) is 49.7.